The highest BCUT2D eigenvalue weighted by molar-refractivity contribution is 6.31. The first kappa shape index (κ1) is 22.0. The summed E-state index contributed by atoms with van der Waals surface area (Å²) in [6.45, 7) is 1.71. The van der Waals surface area contributed by atoms with Crippen LogP contribution in [0.15, 0.2) is 55.1 Å². The van der Waals surface area contributed by atoms with Gasteiger partial charge in [-0.25, -0.2) is 19.3 Å². The van der Waals surface area contributed by atoms with Gasteiger partial charge in [0.05, 0.1) is 17.3 Å². The Morgan fingerprint density at radius 3 is 2.88 bits per heavy atom. The summed E-state index contributed by atoms with van der Waals surface area (Å²) in [5.41, 5.74) is 3.54. The molecule has 0 fully saturated rings. The van der Waals surface area contributed by atoms with Gasteiger partial charge in [0.25, 0.3) is 0 Å². The fraction of sp³-hybridized carbons (Fsp3) is 0.200. The molecule has 9 heteroatoms. The summed E-state index contributed by atoms with van der Waals surface area (Å²) in [6.07, 6.45) is 8.18. The molecule has 0 aliphatic heterocycles. The molecule has 4 heterocycles. The van der Waals surface area contributed by atoms with E-state index in [0.29, 0.717) is 34.9 Å². The van der Waals surface area contributed by atoms with Gasteiger partial charge < -0.3 is 15.3 Å². The number of anilines is 1. The van der Waals surface area contributed by atoms with E-state index in [0.717, 1.165) is 23.5 Å². The van der Waals surface area contributed by atoms with E-state index in [1.807, 2.05) is 24.4 Å². The Balaban J connectivity index is 1.26. The standard InChI is InChI=1S/C25H22ClFN6O/c1-14(22(34)8-4-5-15-10-28-21-7-3-2-6-17(15)21)32-25-20(27)13-31-24(33-25)19-12-30-23-18(19)9-16(26)11-29-23/h2-3,6-7,9-14,28H,4-5,8H2,1H3,(H,29,30)(H,31,32,33)/t14-/m0/s1. The van der Waals surface area contributed by atoms with Gasteiger partial charge in [-0.2, -0.15) is 0 Å². The number of aromatic nitrogens is 5. The minimum absolute atomic E-state index is 0.0116. The number of nitrogens with zero attached hydrogens (tertiary/aromatic N) is 3. The number of para-hydroxylation sites is 1. The van der Waals surface area contributed by atoms with Gasteiger partial charge in [-0.3, -0.25) is 4.79 Å². The minimum atomic E-state index is -0.627. The van der Waals surface area contributed by atoms with Gasteiger partial charge in [0.2, 0.25) is 0 Å². The second-order valence-electron chi connectivity index (χ2n) is 8.19. The number of rotatable bonds is 8. The number of pyridine rings is 1. The summed E-state index contributed by atoms with van der Waals surface area (Å²) in [5, 5.41) is 5.28. The van der Waals surface area contributed by atoms with Crippen molar-refractivity contribution < 1.29 is 9.18 Å². The quantitative estimate of drug-likeness (QED) is 0.267. The highest BCUT2D eigenvalue weighted by Gasteiger charge is 2.18. The number of H-pyrrole nitrogens is 2. The molecule has 3 N–H and O–H groups in total. The maximum atomic E-state index is 14.5. The number of hydrogen-bond donors (Lipinski definition) is 3. The lowest BCUT2D eigenvalue weighted by Gasteiger charge is -2.14. The van der Waals surface area contributed by atoms with Gasteiger partial charge >= 0.3 is 0 Å². The van der Waals surface area contributed by atoms with Gasteiger partial charge in [0, 0.05) is 46.9 Å². The topological polar surface area (TPSA) is 99.3 Å². The SMILES string of the molecule is C[C@H](Nc1nc(-c2c[nH]c3ncc(Cl)cc23)ncc1F)C(=O)CCCc1c[nH]c2ccccc12. The van der Waals surface area contributed by atoms with Crippen LogP contribution in [0.5, 0.6) is 0 Å². The molecule has 0 aliphatic carbocycles. The van der Waals surface area contributed by atoms with Crippen LogP contribution < -0.4 is 5.32 Å². The number of carbonyl (C=O) groups excluding carboxylic acids is 1. The molecule has 5 aromatic rings. The summed E-state index contributed by atoms with van der Waals surface area (Å²) in [6, 6.07) is 9.24. The first-order chi connectivity index (χ1) is 16.5. The lowest BCUT2D eigenvalue weighted by Crippen LogP contribution is -2.27. The smallest absolute Gasteiger partial charge is 0.183 e. The average Bonchev–Trinajstić information content (AvgIpc) is 3.44. The van der Waals surface area contributed by atoms with E-state index in [4.69, 9.17) is 11.6 Å². The predicted molar refractivity (Wildman–Crippen MR) is 131 cm³/mol. The molecule has 4 aromatic heterocycles. The van der Waals surface area contributed by atoms with Crippen molar-refractivity contribution in [1.29, 1.82) is 0 Å². The summed E-state index contributed by atoms with van der Waals surface area (Å²) < 4.78 is 14.5. The van der Waals surface area contributed by atoms with Crippen molar-refractivity contribution in [3.63, 3.8) is 0 Å². The molecule has 0 unspecified atom stereocenters. The third-order valence-electron chi connectivity index (χ3n) is 5.86. The first-order valence-electron chi connectivity index (χ1n) is 11.0. The zero-order chi connectivity index (χ0) is 23.7. The van der Waals surface area contributed by atoms with Crippen LogP contribution in [0.2, 0.25) is 5.02 Å². The number of halogens is 2. The van der Waals surface area contributed by atoms with Crippen LogP contribution in [0.4, 0.5) is 10.2 Å². The van der Waals surface area contributed by atoms with Crippen LogP contribution >= 0.6 is 11.6 Å². The molecule has 1 atom stereocenters. The first-order valence-corrected chi connectivity index (χ1v) is 11.4. The Hall–Kier alpha value is -3.78. The molecular weight excluding hydrogens is 455 g/mol. The maximum Gasteiger partial charge on any atom is 0.183 e. The van der Waals surface area contributed by atoms with Gasteiger partial charge in [-0.05, 0) is 37.5 Å². The third kappa shape index (κ3) is 4.36. The Bertz CT molecular complexity index is 1490. The van der Waals surface area contributed by atoms with Crippen LogP contribution in [0, 0.1) is 5.82 Å². The maximum absolute atomic E-state index is 14.5. The van der Waals surface area contributed by atoms with Crippen molar-refractivity contribution in [3.05, 3.63) is 71.5 Å². The molecule has 5 rings (SSSR count). The zero-order valence-corrected chi connectivity index (χ0v) is 19.2. The van der Waals surface area contributed by atoms with E-state index in [2.05, 4.69) is 36.3 Å². The van der Waals surface area contributed by atoms with E-state index in [-0.39, 0.29) is 11.6 Å². The van der Waals surface area contributed by atoms with Crippen LogP contribution in [-0.2, 0) is 11.2 Å². The number of carbonyl (C=O) groups is 1. The summed E-state index contributed by atoms with van der Waals surface area (Å²) >= 11 is 6.07. The van der Waals surface area contributed by atoms with Crippen molar-refractivity contribution in [2.45, 2.75) is 32.2 Å². The molecule has 0 bridgehead atoms. The van der Waals surface area contributed by atoms with E-state index < -0.39 is 11.9 Å². The molecule has 0 amide bonds. The number of nitrogens with one attached hydrogen (secondary N) is 3. The number of Topliss-reactive ketones (excluding diaryl/α,β-unsaturated/α-hetero) is 1. The number of aryl methyl sites for hydroxylation is 1. The van der Waals surface area contributed by atoms with Gasteiger partial charge in [-0.1, -0.05) is 29.8 Å². The molecule has 0 aliphatic rings. The summed E-state index contributed by atoms with van der Waals surface area (Å²) in [4.78, 5) is 31.7. The zero-order valence-electron chi connectivity index (χ0n) is 18.4. The van der Waals surface area contributed by atoms with Crippen molar-refractivity contribution in [2.24, 2.45) is 0 Å². The monoisotopic (exact) mass is 476 g/mol. The van der Waals surface area contributed by atoms with Gasteiger partial charge in [-0.15, -0.1) is 0 Å². The molecule has 0 radical (unpaired) electrons. The average molecular weight is 477 g/mol. The van der Waals surface area contributed by atoms with Crippen LogP contribution in [0.1, 0.15) is 25.3 Å². The second-order valence-corrected chi connectivity index (χ2v) is 8.62. The number of hydrogen-bond acceptors (Lipinski definition) is 5. The fourth-order valence-corrected chi connectivity index (χ4v) is 4.21. The normalized spacial score (nSPS) is 12.3. The largest absolute Gasteiger partial charge is 0.361 e. The Labute approximate surface area is 199 Å². The van der Waals surface area contributed by atoms with E-state index in [1.54, 1.807) is 19.2 Å². The molecule has 34 heavy (non-hydrogen) atoms. The Kier molecular flexibility index (Phi) is 5.98. The Morgan fingerprint density at radius 1 is 1.15 bits per heavy atom. The minimum Gasteiger partial charge on any atom is -0.361 e. The summed E-state index contributed by atoms with van der Waals surface area (Å²) in [7, 11) is 0. The van der Waals surface area contributed by atoms with Crippen LogP contribution in [0.25, 0.3) is 33.3 Å². The third-order valence-corrected chi connectivity index (χ3v) is 6.07. The van der Waals surface area contributed by atoms with Crippen molar-refractivity contribution in [1.82, 2.24) is 24.9 Å². The molecule has 172 valence electrons. The highest BCUT2D eigenvalue weighted by Crippen LogP contribution is 2.28. The van der Waals surface area contributed by atoms with Crippen molar-refractivity contribution >= 4 is 45.1 Å². The van der Waals surface area contributed by atoms with Crippen molar-refractivity contribution in [2.75, 3.05) is 5.32 Å². The van der Waals surface area contributed by atoms with Crippen LogP contribution in [0.3, 0.4) is 0 Å². The Morgan fingerprint density at radius 2 is 2.00 bits per heavy atom. The molecule has 0 spiro atoms. The molecule has 0 saturated carbocycles. The van der Waals surface area contributed by atoms with Gasteiger partial charge in [0.1, 0.15) is 5.65 Å². The predicted octanol–water partition coefficient (Wildman–Crippen LogP) is 5.69. The number of benzene rings is 1. The molecule has 0 saturated heterocycles. The number of ketones is 1. The highest BCUT2D eigenvalue weighted by atomic mass is 35.5. The van der Waals surface area contributed by atoms with E-state index in [1.165, 1.54) is 17.1 Å². The molecule has 1 aromatic carbocycles. The van der Waals surface area contributed by atoms with E-state index in [9.17, 15) is 9.18 Å². The number of aromatic amines is 2. The lowest BCUT2D eigenvalue weighted by atomic mass is 10.0. The fourth-order valence-electron chi connectivity index (χ4n) is 4.05. The second kappa shape index (κ2) is 9.23. The summed E-state index contributed by atoms with van der Waals surface area (Å²) in [5.74, 6) is -0.356. The molecular formula is C25H22ClFN6O. The van der Waals surface area contributed by atoms with Crippen molar-refractivity contribution in [3.8, 4) is 11.4 Å². The van der Waals surface area contributed by atoms with Gasteiger partial charge in [0.15, 0.2) is 23.2 Å². The lowest BCUT2D eigenvalue weighted by molar-refractivity contribution is -0.119. The van der Waals surface area contributed by atoms with Crippen LogP contribution in [-0.4, -0.2) is 36.7 Å². The molecule has 7 nitrogen and oxygen atoms in total. The number of fused-ring (bicyclic) bond motifs is 2. The van der Waals surface area contributed by atoms with E-state index >= 15 is 0 Å².